The Morgan fingerprint density at radius 1 is 1.06 bits per heavy atom. The van der Waals surface area contributed by atoms with Crippen molar-refractivity contribution in [2.24, 2.45) is 0 Å². The van der Waals surface area contributed by atoms with Crippen molar-refractivity contribution in [2.75, 3.05) is 39.6 Å². The van der Waals surface area contributed by atoms with Gasteiger partial charge < -0.3 is 19.9 Å². The largest absolute Gasteiger partial charge is 0.394 e. The van der Waals surface area contributed by atoms with E-state index in [1.165, 1.54) is 0 Å². The maximum Gasteiger partial charge on any atom is 0.272 e. The molecule has 0 aromatic rings. The van der Waals surface area contributed by atoms with Gasteiger partial charge in [-0.3, -0.25) is 0 Å². The first-order chi connectivity index (χ1) is 8.27. The smallest absolute Gasteiger partial charge is 0.272 e. The Morgan fingerprint density at radius 2 is 1.67 bits per heavy atom. The van der Waals surface area contributed by atoms with Crippen LogP contribution in [-0.2, 0) is 9.47 Å². The van der Waals surface area contributed by atoms with E-state index in [2.05, 4.69) is 5.32 Å². The lowest BCUT2D eigenvalue weighted by molar-refractivity contribution is -0.0905. The van der Waals surface area contributed by atoms with Crippen LogP contribution < -0.4 is 5.32 Å². The van der Waals surface area contributed by atoms with E-state index in [0.717, 1.165) is 0 Å². The van der Waals surface area contributed by atoms with Crippen LogP contribution in [0.4, 0.5) is 8.78 Å². The number of alkyl halides is 2. The van der Waals surface area contributed by atoms with E-state index in [-0.39, 0.29) is 44.9 Å². The molecule has 0 rings (SSSR count). The molecule has 0 aliphatic carbocycles. The minimum absolute atomic E-state index is 0.0748. The van der Waals surface area contributed by atoms with E-state index < -0.39 is 12.5 Å². The van der Waals surface area contributed by atoms with Gasteiger partial charge in [-0.05, 0) is 20.8 Å². The Labute approximate surface area is 108 Å². The summed E-state index contributed by atoms with van der Waals surface area (Å²) < 4.78 is 36.4. The minimum Gasteiger partial charge on any atom is -0.394 e. The molecule has 0 amide bonds. The lowest BCUT2D eigenvalue weighted by atomic mass is 10.1. The summed E-state index contributed by atoms with van der Waals surface area (Å²) in [4.78, 5) is 0. The second kappa shape index (κ2) is 8.74. The highest BCUT2D eigenvalue weighted by Crippen LogP contribution is 2.18. The molecule has 0 saturated carbocycles. The van der Waals surface area contributed by atoms with Crippen LogP contribution in [0.5, 0.6) is 0 Å². The lowest BCUT2D eigenvalue weighted by Gasteiger charge is -2.23. The zero-order valence-electron chi connectivity index (χ0n) is 11.5. The summed E-state index contributed by atoms with van der Waals surface area (Å²) in [5, 5.41) is 11.4. The summed E-state index contributed by atoms with van der Waals surface area (Å²) in [6, 6.07) is 0. The third kappa shape index (κ3) is 12.2. The zero-order valence-corrected chi connectivity index (χ0v) is 11.5. The molecule has 0 heterocycles. The molecular weight excluding hydrogens is 244 g/mol. The summed E-state index contributed by atoms with van der Waals surface area (Å²) in [7, 11) is 0. The van der Waals surface area contributed by atoms with Gasteiger partial charge in [-0.25, -0.2) is 8.78 Å². The Bertz CT molecular complexity index is 208. The average Bonchev–Trinajstić information content (AvgIpc) is 2.21. The maximum absolute atomic E-state index is 13.3. The van der Waals surface area contributed by atoms with Crippen LogP contribution in [0, 0.1) is 0 Å². The van der Waals surface area contributed by atoms with E-state index in [1.54, 1.807) is 0 Å². The van der Waals surface area contributed by atoms with Gasteiger partial charge in [-0.2, -0.15) is 0 Å². The van der Waals surface area contributed by atoms with Gasteiger partial charge in [-0.1, -0.05) is 0 Å². The summed E-state index contributed by atoms with van der Waals surface area (Å²) >= 11 is 0. The van der Waals surface area contributed by atoms with Crippen LogP contribution >= 0.6 is 0 Å². The number of aliphatic hydroxyl groups excluding tert-OH is 1. The molecule has 0 unspecified atom stereocenters. The quantitative estimate of drug-likeness (QED) is 0.589. The molecule has 6 heteroatoms. The Kier molecular flexibility index (Phi) is 8.60. The number of aliphatic hydroxyl groups is 1. The van der Waals surface area contributed by atoms with Crippen molar-refractivity contribution in [1.29, 1.82) is 0 Å². The first-order valence-corrected chi connectivity index (χ1v) is 6.16. The van der Waals surface area contributed by atoms with Crippen LogP contribution in [0.1, 0.15) is 27.2 Å². The van der Waals surface area contributed by atoms with Crippen LogP contribution in [0.15, 0.2) is 0 Å². The topological polar surface area (TPSA) is 50.7 Å². The summed E-state index contributed by atoms with van der Waals surface area (Å²) in [6.45, 7) is 5.91. The minimum atomic E-state index is -2.82. The summed E-state index contributed by atoms with van der Waals surface area (Å²) in [6.07, 6.45) is -0.248. The SMILES string of the molecule is CC(C)(C)NCCC(F)(F)COCCOCCO. The second-order valence-electron chi connectivity index (χ2n) is 5.17. The molecule has 0 spiro atoms. The predicted molar refractivity (Wildman–Crippen MR) is 66.0 cm³/mol. The standard InChI is InChI=1S/C12H25F2NO3/c1-11(2,3)15-5-4-12(13,14)10-18-9-8-17-7-6-16/h15-16H,4-10H2,1-3H3. The highest BCUT2D eigenvalue weighted by atomic mass is 19.3. The average molecular weight is 269 g/mol. The van der Waals surface area contributed by atoms with Gasteiger partial charge in [0.05, 0.1) is 26.4 Å². The van der Waals surface area contributed by atoms with Gasteiger partial charge in [0.2, 0.25) is 0 Å². The third-order valence-electron chi connectivity index (χ3n) is 2.07. The maximum atomic E-state index is 13.3. The molecule has 18 heavy (non-hydrogen) atoms. The highest BCUT2D eigenvalue weighted by molar-refractivity contribution is 4.73. The van der Waals surface area contributed by atoms with E-state index >= 15 is 0 Å². The van der Waals surface area contributed by atoms with E-state index in [4.69, 9.17) is 14.6 Å². The molecule has 110 valence electrons. The first-order valence-electron chi connectivity index (χ1n) is 6.16. The number of ether oxygens (including phenoxy) is 2. The van der Waals surface area contributed by atoms with Crippen molar-refractivity contribution in [3.63, 3.8) is 0 Å². The van der Waals surface area contributed by atoms with Crippen molar-refractivity contribution >= 4 is 0 Å². The van der Waals surface area contributed by atoms with Crippen molar-refractivity contribution in [1.82, 2.24) is 5.32 Å². The number of hydrogen-bond donors (Lipinski definition) is 2. The second-order valence-corrected chi connectivity index (χ2v) is 5.17. The van der Waals surface area contributed by atoms with Crippen LogP contribution in [0.2, 0.25) is 0 Å². The molecule has 0 aliphatic heterocycles. The molecule has 0 atom stereocenters. The normalized spacial score (nSPS) is 13.0. The van der Waals surface area contributed by atoms with Gasteiger partial charge >= 0.3 is 0 Å². The van der Waals surface area contributed by atoms with Gasteiger partial charge in [0.1, 0.15) is 6.61 Å². The summed E-state index contributed by atoms with van der Waals surface area (Å²) in [5.74, 6) is -2.82. The van der Waals surface area contributed by atoms with Crippen molar-refractivity contribution in [3.8, 4) is 0 Å². The van der Waals surface area contributed by atoms with E-state index in [1.807, 2.05) is 20.8 Å². The molecule has 2 N–H and O–H groups in total. The van der Waals surface area contributed by atoms with Gasteiger partial charge in [-0.15, -0.1) is 0 Å². The molecule has 0 bridgehead atoms. The van der Waals surface area contributed by atoms with Crippen LogP contribution in [0.3, 0.4) is 0 Å². The molecule has 0 aromatic heterocycles. The number of rotatable bonds is 10. The highest BCUT2D eigenvalue weighted by Gasteiger charge is 2.29. The van der Waals surface area contributed by atoms with Gasteiger partial charge in [0.25, 0.3) is 5.92 Å². The van der Waals surface area contributed by atoms with Crippen LogP contribution in [-0.4, -0.2) is 56.1 Å². The number of nitrogens with one attached hydrogen (secondary N) is 1. The molecular formula is C12H25F2NO3. The molecule has 0 aromatic carbocycles. The van der Waals surface area contributed by atoms with Crippen molar-refractivity contribution < 1.29 is 23.4 Å². The Morgan fingerprint density at radius 3 is 2.22 bits per heavy atom. The van der Waals surface area contributed by atoms with Gasteiger partial charge in [0.15, 0.2) is 0 Å². The fraction of sp³-hybridized carbons (Fsp3) is 1.00. The number of halogens is 2. The molecule has 4 nitrogen and oxygen atoms in total. The van der Waals surface area contributed by atoms with Crippen LogP contribution in [0.25, 0.3) is 0 Å². The van der Waals surface area contributed by atoms with E-state index in [9.17, 15) is 8.78 Å². The van der Waals surface area contributed by atoms with E-state index in [0.29, 0.717) is 0 Å². The predicted octanol–water partition coefficient (Wildman–Crippen LogP) is 1.43. The fourth-order valence-electron chi connectivity index (χ4n) is 1.20. The molecule has 0 radical (unpaired) electrons. The Balaban J connectivity index is 3.55. The monoisotopic (exact) mass is 269 g/mol. The number of hydrogen-bond acceptors (Lipinski definition) is 4. The summed E-state index contributed by atoms with van der Waals surface area (Å²) in [5.41, 5.74) is -0.158. The zero-order chi connectivity index (χ0) is 14.1. The molecule has 0 saturated heterocycles. The fourth-order valence-corrected chi connectivity index (χ4v) is 1.20. The lowest BCUT2D eigenvalue weighted by Crippen LogP contribution is -2.39. The third-order valence-corrected chi connectivity index (χ3v) is 2.07. The first kappa shape index (κ1) is 17.7. The van der Waals surface area contributed by atoms with Gasteiger partial charge in [0, 0.05) is 18.5 Å². The van der Waals surface area contributed by atoms with Crippen molar-refractivity contribution in [3.05, 3.63) is 0 Å². The molecule has 0 aliphatic rings. The Hall–Kier alpha value is -0.300. The van der Waals surface area contributed by atoms with Crippen molar-refractivity contribution in [2.45, 2.75) is 38.7 Å². The molecule has 0 fully saturated rings.